The number of carbonyl (C=O) groups excluding carboxylic acids is 3. The Balaban J connectivity index is 0.951. The van der Waals surface area contributed by atoms with Gasteiger partial charge in [-0.3, -0.25) is 9.59 Å². The van der Waals surface area contributed by atoms with Gasteiger partial charge in [0.1, 0.15) is 24.9 Å². The van der Waals surface area contributed by atoms with E-state index in [1.165, 1.54) is 18.7 Å². The molecule has 14 heteroatoms. The average Bonchev–Trinajstić information content (AvgIpc) is 3.69. The number of esters is 1. The van der Waals surface area contributed by atoms with E-state index in [2.05, 4.69) is 10.6 Å². The summed E-state index contributed by atoms with van der Waals surface area (Å²) < 4.78 is 36.4. The van der Waals surface area contributed by atoms with Crippen molar-refractivity contribution in [2.24, 2.45) is 0 Å². The highest BCUT2D eigenvalue weighted by Crippen LogP contribution is 2.49. The monoisotopic (exact) mass is 934 g/mol. The molecule has 0 radical (unpaired) electrons. The standard InChI is InChI=1S/C54H50N2O11S/c1-34(57)55-47-49(66-46(58)33-68-54(36-20-8-3-9-21-36,37-22-10-4-11-23-37)38-24-12-5-13-25-38)48-45(32-63-51(67-48)35-18-6-2-7-19-35)65-52(47)62-31-44(50(59)60)56-53(61)64-30-43-41-28-16-14-26-39(41)40-27-15-17-29-42(40)43/h2-29,43-45,47-49,51-52H,30-33H2,1H3,(H,55,57)(H,56,61)(H,59,60)/t44?,45?,47-,48-,49-,51?,52-/m1/s1. The third-order valence-electron chi connectivity index (χ3n) is 12.4. The zero-order chi connectivity index (χ0) is 47.0. The Labute approximate surface area is 398 Å². The van der Waals surface area contributed by atoms with E-state index in [0.29, 0.717) is 5.56 Å². The first kappa shape index (κ1) is 46.3. The number of fused-ring (bicyclic) bond motifs is 4. The van der Waals surface area contributed by atoms with E-state index in [1.54, 1.807) is 0 Å². The van der Waals surface area contributed by atoms with Crippen LogP contribution in [-0.4, -0.2) is 91.3 Å². The first-order valence-electron chi connectivity index (χ1n) is 22.4. The number of aliphatic carboxylic acids is 1. The van der Waals surface area contributed by atoms with Gasteiger partial charge in [0.2, 0.25) is 5.91 Å². The van der Waals surface area contributed by atoms with Crippen molar-refractivity contribution in [3.63, 3.8) is 0 Å². The number of carboxylic acids is 1. The molecule has 68 heavy (non-hydrogen) atoms. The molecule has 2 aliphatic heterocycles. The summed E-state index contributed by atoms with van der Waals surface area (Å²) >= 11 is 1.39. The first-order valence-corrected chi connectivity index (χ1v) is 23.4. The highest BCUT2D eigenvalue weighted by molar-refractivity contribution is 8.01. The fourth-order valence-corrected chi connectivity index (χ4v) is 10.6. The minimum atomic E-state index is -1.61. The van der Waals surface area contributed by atoms with Crippen LogP contribution in [0.5, 0.6) is 0 Å². The van der Waals surface area contributed by atoms with Crippen molar-refractivity contribution in [3.05, 3.63) is 203 Å². The molecule has 348 valence electrons. The first-order chi connectivity index (χ1) is 33.2. The molecule has 0 spiro atoms. The Kier molecular flexibility index (Phi) is 14.3. The molecule has 6 aromatic rings. The lowest BCUT2D eigenvalue weighted by Gasteiger charge is -2.49. The van der Waals surface area contributed by atoms with Gasteiger partial charge in [-0.15, -0.1) is 11.8 Å². The molecule has 3 aliphatic rings. The van der Waals surface area contributed by atoms with Crippen LogP contribution in [0.1, 0.15) is 52.5 Å². The Morgan fingerprint density at radius 3 is 1.79 bits per heavy atom. The number of carbonyl (C=O) groups is 4. The van der Waals surface area contributed by atoms with Crippen molar-refractivity contribution in [1.82, 2.24) is 10.6 Å². The van der Waals surface area contributed by atoms with E-state index in [4.69, 9.17) is 28.4 Å². The number of hydrogen-bond acceptors (Lipinski definition) is 11. The smallest absolute Gasteiger partial charge is 0.407 e. The summed E-state index contributed by atoms with van der Waals surface area (Å²) in [6.07, 6.45) is -6.32. The third-order valence-corrected chi connectivity index (χ3v) is 13.9. The van der Waals surface area contributed by atoms with Crippen LogP contribution < -0.4 is 10.6 Å². The van der Waals surface area contributed by atoms with E-state index in [1.807, 2.05) is 170 Å². The van der Waals surface area contributed by atoms with Crippen molar-refractivity contribution < 1.29 is 52.7 Å². The number of thioether (sulfide) groups is 1. The molecule has 6 aromatic carbocycles. The lowest BCUT2D eigenvalue weighted by atomic mass is 9.84. The molecule has 0 bridgehead atoms. The normalized spacial score (nSPS) is 21.2. The summed E-state index contributed by atoms with van der Waals surface area (Å²) in [5.74, 6) is -2.92. The lowest BCUT2D eigenvalue weighted by molar-refractivity contribution is -0.345. The van der Waals surface area contributed by atoms with Gasteiger partial charge in [-0.1, -0.05) is 170 Å². The van der Waals surface area contributed by atoms with E-state index in [0.717, 1.165) is 38.9 Å². The predicted molar refractivity (Wildman–Crippen MR) is 253 cm³/mol. The minimum absolute atomic E-state index is 0.0286. The summed E-state index contributed by atoms with van der Waals surface area (Å²) in [6, 6.07) is 51.9. The van der Waals surface area contributed by atoms with Crippen molar-refractivity contribution in [2.75, 3.05) is 25.6 Å². The molecular weight excluding hydrogens is 885 g/mol. The van der Waals surface area contributed by atoms with Gasteiger partial charge >= 0.3 is 18.0 Å². The molecule has 7 atom stereocenters. The van der Waals surface area contributed by atoms with Crippen LogP contribution in [0, 0.1) is 0 Å². The van der Waals surface area contributed by atoms with Crippen LogP contribution in [0.3, 0.4) is 0 Å². The largest absolute Gasteiger partial charge is 0.480 e. The second kappa shape index (κ2) is 21.0. The number of nitrogens with one attached hydrogen (secondary N) is 2. The zero-order valence-electron chi connectivity index (χ0n) is 37.1. The number of alkyl carbamates (subject to hydrolysis) is 1. The topological polar surface area (TPSA) is 168 Å². The van der Waals surface area contributed by atoms with E-state index >= 15 is 0 Å². The zero-order valence-corrected chi connectivity index (χ0v) is 37.9. The van der Waals surface area contributed by atoms with Crippen LogP contribution in [0.2, 0.25) is 0 Å². The summed E-state index contributed by atoms with van der Waals surface area (Å²) in [7, 11) is 0. The van der Waals surface area contributed by atoms with Gasteiger partial charge in [0.15, 0.2) is 24.7 Å². The van der Waals surface area contributed by atoms with Gasteiger partial charge in [0, 0.05) is 18.4 Å². The molecule has 13 nitrogen and oxygen atoms in total. The molecule has 0 aromatic heterocycles. The fourth-order valence-electron chi connectivity index (χ4n) is 9.29. The molecule has 2 fully saturated rings. The van der Waals surface area contributed by atoms with Crippen molar-refractivity contribution in [1.29, 1.82) is 0 Å². The highest BCUT2D eigenvalue weighted by atomic mass is 32.2. The van der Waals surface area contributed by atoms with Gasteiger partial charge in [-0.25, -0.2) is 9.59 Å². The molecule has 1 aliphatic carbocycles. The van der Waals surface area contributed by atoms with Crippen molar-refractivity contribution >= 4 is 35.7 Å². The molecule has 2 heterocycles. The van der Waals surface area contributed by atoms with Crippen LogP contribution in [0.25, 0.3) is 11.1 Å². The second-order valence-corrected chi connectivity index (χ2v) is 17.9. The fraction of sp³-hybridized carbons (Fsp3) is 0.259. The van der Waals surface area contributed by atoms with E-state index in [9.17, 15) is 24.3 Å². The van der Waals surface area contributed by atoms with Gasteiger partial charge in [-0.2, -0.15) is 0 Å². The molecule has 0 saturated carbocycles. The lowest BCUT2D eigenvalue weighted by Crippen LogP contribution is -2.68. The summed E-state index contributed by atoms with van der Waals surface area (Å²) in [5.41, 5.74) is 7.64. The maximum atomic E-state index is 14.5. The van der Waals surface area contributed by atoms with Gasteiger partial charge in [0.05, 0.1) is 23.7 Å². The average molecular weight is 935 g/mol. The Hall–Kier alpha value is -6.81. The Morgan fingerprint density at radius 2 is 1.25 bits per heavy atom. The Morgan fingerprint density at radius 1 is 0.721 bits per heavy atom. The van der Waals surface area contributed by atoms with Crippen LogP contribution >= 0.6 is 11.8 Å². The summed E-state index contributed by atoms with van der Waals surface area (Å²) in [5, 5.41) is 15.5. The predicted octanol–water partition coefficient (Wildman–Crippen LogP) is 7.98. The Bertz CT molecular complexity index is 2550. The molecule has 3 N–H and O–H groups in total. The number of amides is 2. The minimum Gasteiger partial charge on any atom is -0.480 e. The number of ether oxygens (including phenoxy) is 6. The quantitative estimate of drug-likeness (QED) is 0.0634. The molecule has 3 unspecified atom stereocenters. The third kappa shape index (κ3) is 9.91. The second-order valence-electron chi connectivity index (χ2n) is 16.7. The number of hydrogen-bond donors (Lipinski definition) is 3. The van der Waals surface area contributed by atoms with E-state index < -0.39 is 78.3 Å². The summed E-state index contributed by atoms with van der Waals surface area (Å²) in [4.78, 5) is 53.4. The van der Waals surface area contributed by atoms with Crippen molar-refractivity contribution in [2.45, 2.75) is 60.6 Å². The van der Waals surface area contributed by atoms with Crippen LogP contribution in [0.15, 0.2) is 170 Å². The van der Waals surface area contributed by atoms with Gasteiger partial charge in [0.25, 0.3) is 0 Å². The summed E-state index contributed by atoms with van der Waals surface area (Å²) in [6.45, 7) is 0.614. The maximum absolute atomic E-state index is 14.5. The van der Waals surface area contributed by atoms with Crippen LogP contribution in [-0.2, 0) is 47.6 Å². The molecule has 9 rings (SSSR count). The van der Waals surface area contributed by atoms with Gasteiger partial charge in [-0.05, 0) is 38.9 Å². The number of rotatable bonds is 16. The van der Waals surface area contributed by atoms with Crippen molar-refractivity contribution in [3.8, 4) is 11.1 Å². The molecular formula is C54H50N2O11S. The van der Waals surface area contributed by atoms with E-state index in [-0.39, 0.29) is 24.9 Å². The number of carboxylic acid groups (broad SMARTS) is 1. The molecule has 2 saturated heterocycles. The number of benzene rings is 6. The van der Waals surface area contributed by atoms with Crippen LogP contribution in [0.4, 0.5) is 4.79 Å². The molecule has 2 amide bonds. The SMILES string of the molecule is CC(=O)N[C@H]1[C@H](OCC(NC(=O)OCC2c3ccccc3-c3ccccc32)C(=O)O)OC2COC(c3ccccc3)O[C@H]2[C@@H]1OC(=O)CSC(c1ccccc1)(c1ccccc1)c1ccccc1. The maximum Gasteiger partial charge on any atom is 0.407 e. The highest BCUT2D eigenvalue weighted by Gasteiger charge is 2.53. The van der Waals surface area contributed by atoms with Gasteiger partial charge < -0.3 is 44.2 Å².